The lowest BCUT2D eigenvalue weighted by Crippen LogP contribution is -2.35. The van der Waals surface area contributed by atoms with Crippen LogP contribution < -0.4 is 4.74 Å². The molecule has 6 heteroatoms. The summed E-state index contributed by atoms with van der Waals surface area (Å²) < 4.78 is 18.2. The Morgan fingerprint density at radius 1 is 1.07 bits per heavy atom. The minimum Gasteiger partial charge on any atom is -0.492 e. The lowest BCUT2D eigenvalue weighted by molar-refractivity contribution is 0.0342. The summed E-state index contributed by atoms with van der Waals surface area (Å²) in [6.07, 6.45) is 2.01. The summed E-state index contributed by atoms with van der Waals surface area (Å²) in [5.41, 5.74) is 2.83. The monoisotopic (exact) mass is 394 g/mol. The number of carbonyl (C=O) groups excluding carboxylic acids is 1. The van der Waals surface area contributed by atoms with Crippen molar-refractivity contribution in [2.75, 3.05) is 40.0 Å². The fourth-order valence-electron chi connectivity index (χ4n) is 3.59. The topological polar surface area (TPSA) is 52.9 Å². The highest BCUT2D eigenvalue weighted by molar-refractivity contribution is 5.94. The van der Waals surface area contributed by atoms with Crippen LogP contribution in [-0.4, -0.2) is 55.5 Å². The van der Waals surface area contributed by atoms with Gasteiger partial charge in [0, 0.05) is 31.3 Å². The molecule has 0 bridgehead atoms. The molecular formula is C23H26N2O4. The van der Waals surface area contributed by atoms with Crippen molar-refractivity contribution in [3.8, 4) is 5.75 Å². The molecule has 0 N–H and O–H groups in total. The van der Waals surface area contributed by atoms with Crippen molar-refractivity contribution in [2.24, 2.45) is 0 Å². The van der Waals surface area contributed by atoms with E-state index < -0.39 is 0 Å². The molecule has 2 aromatic carbocycles. The van der Waals surface area contributed by atoms with Crippen molar-refractivity contribution in [1.82, 2.24) is 9.47 Å². The number of fused-ring (bicyclic) bond motifs is 1. The largest absolute Gasteiger partial charge is 0.492 e. The number of esters is 1. The van der Waals surface area contributed by atoms with Gasteiger partial charge in [-0.3, -0.25) is 4.90 Å². The van der Waals surface area contributed by atoms with E-state index in [9.17, 15) is 4.79 Å². The first-order valence-corrected chi connectivity index (χ1v) is 9.92. The zero-order chi connectivity index (χ0) is 20.1. The first-order valence-electron chi connectivity index (χ1n) is 9.92. The van der Waals surface area contributed by atoms with Crippen LogP contribution in [-0.2, 0) is 22.6 Å². The normalized spacial score (nSPS) is 14.8. The lowest BCUT2D eigenvalue weighted by Gasteiger charge is -2.26. The molecule has 0 radical (unpaired) electrons. The van der Waals surface area contributed by atoms with Crippen molar-refractivity contribution in [3.63, 3.8) is 0 Å². The van der Waals surface area contributed by atoms with Crippen molar-refractivity contribution in [2.45, 2.75) is 13.1 Å². The predicted molar refractivity (Wildman–Crippen MR) is 111 cm³/mol. The van der Waals surface area contributed by atoms with Crippen LogP contribution in [0.15, 0.2) is 54.7 Å². The molecule has 4 rings (SSSR count). The predicted octanol–water partition coefficient (Wildman–Crippen LogP) is 3.34. The van der Waals surface area contributed by atoms with Crippen LogP contribution in [0.2, 0.25) is 0 Å². The van der Waals surface area contributed by atoms with E-state index in [0.717, 1.165) is 49.5 Å². The van der Waals surface area contributed by atoms with Gasteiger partial charge in [0.15, 0.2) is 0 Å². The van der Waals surface area contributed by atoms with Gasteiger partial charge in [-0.15, -0.1) is 0 Å². The van der Waals surface area contributed by atoms with Crippen molar-refractivity contribution in [1.29, 1.82) is 0 Å². The third-order valence-electron chi connectivity index (χ3n) is 5.23. The van der Waals surface area contributed by atoms with Crippen molar-refractivity contribution >= 4 is 16.9 Å². The Morgan fingerprint density at radius 3 is 2.62 bits per heavy atom. The highest BCUT2D eigenvalue weighted by Gasteiger charge is 2.11. The number of rotatable bonds is 7. The molecule has 6 nitrogen and oxygen atoms in total. The van der Waals surface area contributed by atoms with E-state index in [1.165, 1.54) is 12.7 Å². The molecule has 1 saturated heterocycles. The molecule has 0 atom stereocenters. The highest BCUT2D eigenvalue weighted by Crippen LogP contribution is 2.19. The Morgan fingerprint density at radius 2 is 1.86 bits per heavy atom. The molecule has 1 aliphatic heterocycles. The molecule has 1 aromatic heterocycles. The maximum atomic E-state index is 11.8. The molecule has 2 heterocycles. The number of carbonyl (C=O) groups is 1. The van der Waals surface area contributed by atoms with E-state index in [1.54, 1.807) is 6.07 Å². The Labute approximate surface area is 170 Å². The molecule has 0 spiro atoms. The summed E-state index contributed by atoms with van der Waals surface area (Å²) in [6.45, 7) is 5.80. The van der Waals surface area contributed by atoms with Gasteiger partial charge in [-0.2, -0.15) is 0 Å². The second kappa shape index (κ2) is 9.11. The molecule has 0 saturated carbocycles. The van der Waals surface area contributed by atoms with Gasteiger partial charge in [0.2, 0.25) is 0 Å². The molecule has 152 valence electrons. The van der Waals surface area contributed by atoms with Gasteiger partial charge in [-0.05, 0) is 41.3 Å². The van der Waals surface area contributed by atoms with Gasteiger partial charge in [-0.1, -0.05) is 18.2 Å². The lowest BCUT2D eigenvalue weighted by atomic mass is 10.1. The van der Waals surface area contributed by atoms with Crippen LogP contribution in [0.1, 0.15) is 15.9 Å². The minimum atomic E-state index is -0.326. The van der Waals surface area contributed by atoms with Crippen LogP contribution in [0.3, 0.4) is 0 Å². The number of ether oxygens (including phenoxy) is 3. The van der Waals surface area contributed by atoms with Crippen LogP contribution in [0.25, 0.3) is 10.9 Å². The standard InChI is InChI=1S/C23H26N2O4/c1-27-23(26)20-5-4-19-8-9-25(22(19)16-20)12-15-29-21-6-2-18(3-7-21)17-24-10-13-28-14-11-24/h2-9,16H,10-15,17H2,1H3. The average Bonchev–Trinajstić information content (AvgIpc) is 3.17. The third-order valence-corrected chi connectivity index (χ3v) is 5.23. The number of benzene rings is 2. The first kappa shape index (κ1) is 19.5. The number of morpholine rings is 1. The van der Waals surface area contributed by atoms with Gasteiger partial charge in [0.1, 0.15) is 12.4 Å². The summed E-state index contributed by atoms with van der Waals surface area (Å²) in [4.78, 5) is 14.2. The van der Waals surface area contributed by atoms with Gasteiger partial charge >= 0.3 is 5.97 Å². The van der Waals surface area contributed by atoms with E-state index in [-0.39, 0.29) is 5.97 Å². The van der Waals surface area contributed by atoms with Gasteiger partial charge in [-0.25, -0.2) is 4.79 Å². The van der Waals surface area contributed by atoms with Crippen LogP contribution in [0, 0.1) is 0 Å². The van der Waals surface area contributed by atoms with Crippen molar-refractivity contribution < 1.29 is 19.0 Å². The Kier molecular flexibility index (Phi) is 6.12. The zero-order valence-corrected chi connectivity index (χ0v) is 16.7. The van der Waals surface area contributed by atoms with Crippen LogP contribution >= 0.6 is 0 Å². The zero-order valence-electron chi connectivity index (χ0n) is 16.7. The van der Waals surface area contributed by atoms with Gasteiger partial charge in [0.05, 0.1) is 32.4 Å². The van der Waals surface area contributed by atoms with Crippen LogP contribution in [0.5, 0.6) is 5.75 Å². The SMILES string of the molecule is COC(=O)c1ccc2ccn(CCOc3ccc(CN4CCOCC4)cc3)c2c1. The Balaban J connectivity index is 1.33. The molecule has 29 heavy (non-hydrogen) atoms. The fraction of sp³-hybridized carbons (Fsp3) is 0.348. The minimum absolute atomic E-state index is 0.326. The smallest absolute Gasteiger partial charge is 0.337 e. The van der Waals surface area contributed by atoms with E-state index in [2.05, 4.69) is 21.6 Å². The summed E-state index contributed by atoms with van der Waals surface area (Å²) >= 11 is 0. The summed E-state index contributed by atoms with van der Waals surface area (Å²) in [7, 11) is 1.39. The van der Waals surface area contributed by atoms with Gasteiger partial charge < -0.3 is 18.8 Å². The van der Waals surface area contributed by atoms with E-state index >= 15 is 0 Å². The number of methoxy groups -OCH3 is 1. The third kappa shape index (κ3) is 4.78. The van der Waals surface area contributed by atoms with E-state index in [1.807, 2.05) is 36.5 Å². The van der Waals surface area contributed by atoms with Crippen molar-refractivity contribution in [3.05, 3.63) is 65.9 Å². The maximum Gasteiger partial charge on any atom is 0.337 e. The average molecular weight is 394 g/mol. The Bertz CT molecular complexity index is 959. The summed E-state index contributed by atoms with van der Waals surface area (Å²) in [5.74, 6) is 0.538. The number of aromatic nitrogens is 1. The number of hydrogen-bond acceptors (Lipinski definition) is 5. The second-order valence-electron chi connectivity index (χ2n) is 7.16. The Hall–Kier alpha value is -2.83. The molecule has 1 fully saturated rings. The number of nitrogens with zero attached hydrogens (tertiary/aromatic N) is 2. The molecule has 0 amide bonds. The molecule has 3 aromatic rings. The highest BCUT2D eigenvalue weighted by atomic mass is 16.5. The molecule has 0 aliphatic carbocycles. The maximum absolute atomic E-state index is 11.8. The summed E-state index contributed by atoms with van der Waals surface area (Å²) in [6, 6.07) is 15.9. The van der Waals surface area contributed by atoms with E-state index in [4.69, 9.17) is 14.2 Å². The summed E-state index contributed by atoms with van der Waals surface area (Å²) in [5, 5.41) is 1.09. The quantitative estimate of drug-likeness (QED) is 0.576. The molecular weight excluding hydrogens is 368 g/mol. The molecule has 0 unspecified atom stereocenters. The first-order chi connectivity index (χ1) is 14.2. The number of hydrogen-bond donors (Lipinski definition) is 0. The van der Waals surface area contributed by atoms with E-state index in [0.29, 0.717) is 18.7 Å². The van der Waals surface area contributed by atoms with Gasteiger partial charge in [0.25, 0.3) is 0 Å². The van der Waals surface area contributed by atoms with Crippen LogP contribution in [0.4, 0.5) is 0 Å². The second-order valence-corrected chi connectivity index (χ2v) is 7.16. The fourth-order valence-corrected chi connectivity index (χ4v) is 3.59. The molecule has 1 aliphatic rings.